The molecule has 0 aliphatic rings. The number of azide groups is 1. The molecule has 0 atom stereocenters. The lowest BCUT2D eigenvalue weighted by atomic mass is 10.1. The summed E-state index contributed by atoms with van der Waals surface area (Å²) < 4.78 is 0. The van der Waals surface area contributed by atoms with Crippen LogP contribution in [0, 0.1) is 6.92 Å². The first-order chi connectivity index (χ1) is 6.15. The largest absolute Gasteiger partial charge is 0.366 e. The summed E-state index contributed by atoms with van der Waals surface area (Å²) in [6, 6.07) is 4.75. The van der Waals surface area contributed by atoms with Crippen LogP contribution in [-0.4, -0.2) is 5.91 Å². The molecule has 0 saturated carbocycles. The third kappa shape index (κ3) is 1.98. The average Bonchev–Trinajstić information content (AvgIpc) is 2.08. The molecule has 5 heteroatoms. The summed E-state index contributed by atoms with van der Waals surface area (Å²) in [6.45, 7) is 1.79. The van der Waals surface area contributed by atoms with Crippen LogP contribution in [0.3, 0.4) is 0 Å². The molecule has 0 radical (unpaired) electrons. The maximum atomic E-state index is 10.8. The van der Waals surface area contributed by atoms with Crippen molar-refractivity contribution in [2.24, 2.45) is 10.8 Å². The number of nitrogens with two attached hydrogens (primary N) is 1. The number of primary amides is 1. The van der Waals surface area contributed by atoms with E-state index in [0.29, 0.717) is 11.3 Å². The SMILES string of the molecule is Cc1ccc(C(N)=O)cc1N=[N+]=[N-]. The van der Waals surface area contributed by atoms with Crippen LogP contribution in [0.15, 0.2) is 23.3 Å². The molecule has 1 rings (SSSR count). The van der Waals surface area contributed by atoms with Gasteiger partial charge in [0, 0.05) is 16.2 Å². The number of carbonyl (C=O) groups is 1. The zero-order chi connectivity index (χ0) is 9.84. The van der Waals surface area contributed by atoms with Gasteiger partial charge >= 0.3 is 0 Å². The van der Waals surface area contributed by atoms with E-state index in [4.69, 9.17) is 11.3 Å². The van der Waals surface area contributed by atoms with Crippen molar-refractivity contribution < 1.29 is 4.79 Å². The summed E-state index contributed by atoms with van der Waals surface area (Å²) in [6.07, 6.45) is 0. The lowest BCUT2D eigenvalue weighted by molar-refractivity contribution is 0.100. The fourth-order valence-electron chi connectivity index (χ4n) is 0.919. The summed E-state index contributed by atoms with van der Waals surface area (Å²) >= 11 is 0. The van der Waals surface area contributed by atoms with Gasteiger partial charge in [-0.05, 0) is 30.2 Å². The second kappa shape index (κ2) is 3.60. The number of rotatable bonds is 2. The van der Waals surface area contributed by atoms with E-state index in [0.717, 1.165) is 5.56 Å². The van der Waals surface area contributed by atoms with E-state index in [1.165, 1.54) is 6.07 Å². The number of hydrogen-bond acceptors (Lipinski definition) is 2. The van der Waals surface area contributed by atoms with E-state index in [-0.39, 0.29) is 0 Å². The molecule has 0 aromatic heterocycles. The normalized spacial score (nSPS) is 9.00. The molecular formula is C8H8N4O. The predicted molar refractivity (Wildman–Crippen MR) is 48.5 cm³/mol. The number of benzene rings is 1. The van der Waals surface area contributed by atoms with Gasteiger partial charge in [-0.25, -0.2) is 0 Å². The molecule has 1 aromatic rings. The fourth-order valence-corrected chi connectivity index (χ4v) is 0.919. The number of amides is 1. The predicted octanol–water partition coefficient (Wildman–Crippen LogP) is 2.04. The second-order valence-corrected chi connectivity index (χ2v) is 2.55. The van der Waals surface area contributed by atoms with Crippen LogP contribution in [0.5, 0.6) is 0 Å². The van der Waals surface area contributed by atoms with Gasteiger partial charge in [0.15, 0.2) is 0 Å². The lowest BCUT2D eigenvalue weighted by Gasteiger charge is -2.00. The molecule has 66 valence electrons. The molecule has 0 aliphatic carbocycles. The van der Waals surface area contributed by atoms with Crippen molar-refractivity contribution in [1.82, 2.24) is 0 Å². The van der Waals surface area contributed by atoms with E-state index in [2.05, 4.69) is 10.0 Å². The van der Waals surface area contributed by atoms with Crippen LogP contribution in [0.25, 0.3) is 10.4 Å². The van der Waals surface area contributed by atoms with E-state index in [1.54, 1.807) is 19.1 Å². The Labute approximate surface area is 74.8 Å². The van der Waals surface area contributed by atoms with Gasteiger partial charge in [0.1, 0.15) is 0 Å². The van der Waals surface area contributed by atoms with Crippen molar-refractivity contribution in [3.63, 3.8) is 0 Å². The molecule has 0 spiro atoms. The minimum absolute atomic E-state index is 0.341. The maximum Gasteiger partial charge on any atom is 0.248 e. The highest BCUT2D eigenvalue weighted by Crippen LogP contribution is 2.19. The van der Waals surface area contributed by atoms with Crippen molar-refractivity contribution in [1.29, 1.82) is 0 Å². The summed E-state index contributed by atoms with van der Waals surface area (Å²) in [7, 11) is 0. The summed E-state index contributed by atoms with van der Waals surface area (Å²) in [5, 5.41) is 3.42. The molecule has 0 aliphatic heterocycles. The Morgan fingerprint density at radius 3 is 2.85 bits per heavy atom. The minimum Gasteiger partial charge on any atom is -0.366 e. The average molecular weight is 176 g/mol. The smallest absolute Gasteiger partial charge is 0.248 e. The van der Waals surface area contributed by atoms with E-state index < -0.39 is 5.91 Å². The molecule has 0 bridgehead atoms. The van der Waals surface area contributed by atoms with E-state index >= 15 is 0 Å². The molecule has 0 fully saturated rings. The fraction of sp³-hybridized carbons (Fsp3) is 0.125. The number of hydrogen-bond donors (Lipinski definition) is 1. The Kier molecular flexibility index (Phi) is 2.52. The summed E-state index contributed by atoms with van der Waals surface area (Å²) in [4.78, 5) is 13.4. The molecule has 0 unspecified atom stereocenters. The maximum absolute atomic E-state index is 10.8. The van der Waals surface area contributed by atoms with Gasteiger partial charge in [0.25, 0.3) is 0 Å². The third-order valence-electron chi connectivity index (χ3n) is 1.65. The van der Waals surface area contributed by atoms with E-state index in [1.807, 2.05) is 0 Å². The molecule has 0 heterocycles. The molecule has 1 amide bonds. The molecule has 5 nitrogen and oxygen atoms in total. The first kappa shape index (κ1) is 9.09. The zero-order valence-electron chi connectivity index (χ0n) is 7.06. The summed E-state index contributed by atoms with van der Waals surface area (Å²) in [5.74, 6) is -0.533. The van der Waals surface area contributed by atoms with Crippen LogP contribution in [-0.2, 0) is 0 Å². The Morgan fingerprint density at radius 2 is 2.31 bits per heavy atom. The second-order valence-electron chi connectivity index (χ2n) is 2.55. The standard InChI is InChI=1S/C8H8N4O/c1-5-2-3-6(8(9)13)4-7(5)11-12-10/h2-4H,1H3,(H2,9,13). The highest BCUT2D eigenvalue weighted by Gasteiger charge is 2.02. The highest BCUT2D eigenvalue weighted by molar-refractivity contribution is 5.93. The van der Waals surface area contributed by atoms with Gasteiger partial charge in [-0.3, -0.25) is 4.79 Å². The van der Waals surface area contributed by atoms with Gasteiger partial charge in [0.05, 0.1) is 0 Å². The monoisotopic (exact) mass is 176 g/mol. The minimum atomic E-state index is -0.533. The van der Waals surface area contributed by atoms with Crippen LogP contribution >= 0.6 is 0 Å². The highest BCUT2D eigenvalue weighted by atomic mass is 16.1. The van der Waals surface area contributed by atoms with Gasteiger partial charge in [-0.15, -0.1) is 0 Å². The van der Waals surface area contributed by atoms with Gasteiger partial charge in [-0.1, -0.05) is 11.2 Å². The zero-order valence-corrected chi connectivity index (χ0v) is 7.06. The van der Waals surface area contributed by atoms with Gasteiger partial charge in [-0.2, -0.15) is 0 Å². The quantitative estimate of drug-likeness (QED) is 0.416. The van der Waals surface area contributed by atoms with Crippen LogP contribution < -0.4 is 5.73 Å². The Morgan fingerprint density at radius 1 is 1.62 bits per heavy atom. The Balaban J connectivity index is 3.26. The van der Waals surface area contributed by atoms with Crippen molar-refractivity contribution in [2.75, 3.05) is 0 Å². The molecule has 0 saturated heterocycles. The number of carbonyl (C=O) groups excluding carboxylic acids is 1. The molecular weight excluding hydrogens is 168 g/mol. The number of nitrogens with zero attached hydrogens (tertiary/aromatic N) is 3. The number of aryl methyl sites for hydroxylation is 1. The van der Waals surface area contributed by atoms with Crippen LogP contribution in [0.4, 0.5) is 5.69 Å². The topological polar surface area (TPSA) is 91.9 Å². The molecule has 2 N–H and O–H groups in total. The Hall–Kier alpha value is -2.00. The van der Waals surface area contributed by atoms with Crippen LogP contribution in [0.2, 0.25) is 0 Å². The van der Waals surface area contributed by atoms with Gasteiger partial charge in [0.2, 0.25) is 5.91 Å². The first-order valence-corrected chi connectivity index (χ1v) is 3.60. The first-order valence-electron chi connectivity index (χ1n) is 3.60. The third-order valence-corrected chi connectivity index (χ3v) is 1.65. The Bertz CT molecular complexity index is 393. The van der Waals surface area contributed by atoms with Crippen molar-refractivity contribution in [3.8, 4) is 0 Å². The van der Waals surface area contributed by atoms with Crippen molar-refractivity contribution in [3.05, 3.63) is 39.8 Å². The lowest BCUT2D eigenvalue weighted by Crippen LogP contribution is -2.10. The van der Waals surface area contributed by atoms with Crippen molar-refractivity contribution >= 4 is 11.6 Å². The summed E-state index contributed by atoms with van der Waals surface area (Å²) in [5.41, 5.74) is 14.8. The van der Waals surface area contributed by atoms with E-state index in [9.17, 15) is 4.79 Å². The molecule has 13 heavy (non-hydrogen) atoms. The van der Waals surface area contributed by atoms with Gasteiger partial charge < -0.3 is 5.73 Å². The van der Waals surface area contributed by atoms with Crippen LogP contribution in [0.1, 0.15) is 15.9 Å². The molecule has 1 aromatic carbocycles. The van der Waals surface area contributed by atoms with Crippen molar-refractivity contribution in [2.45, 2.75) is 6.92 Å².